The third-order valence-corrected chi connectivity index (χ3v) is 6.07. The number of methoxy groups -OCH3 is 1. The van der Waals surface area contributed by atoms with Gasteiger partial charge in [-0.05, 0) is 17.0 Å². The Bertz CT molecular complexity index is 1660. The first-order valence-electron chi connectivity index (χ1n) is 11.6. The summed E-state index contributed by atoms with van der Waals surface area (Å²) in [5, 5.41) is 4.70. The van der Waals surface area contributed by atoms with Crippen LogP contribution in [0.25, 0.3) is 21.9 Å². The maximum Gasteiger partial charge on any atom is 0.333 e. The van der Waals surface area contributed by atoms with Crippen molar-refractivity contribution < 1.29 is 9.53 Å². The van der Waals surface area contributed by atoms with Gasteiger partial charge in [0, 0.05) is 24.7 Å². The Morgan fingerprint density at radius 1 is 0.944 bits per heavy atom. The number of aromatic nitrogens is 4. The molecule has 0 aliphatic carbocycles. The number of fused-ring (bicyclic) bond motifs is 2. The molecule has 9 nitrogen and oxygen atoms in total. The summed E-state index contributed by atoms with van der Waals surface area (Å²) in [6.45, 7) is 0.530. The van der Waals surface area contributed by atoms with Gasteiger partial charge in [-0.1, -0.05) is 66.7 Å². The van der Waals surface area contributed by atoms with Gasteiger partial charge in [-0.25, -0.2) is 14.3 Å². The molecule has 0 aliphatic rings. The Kier molecular flexibility index (Phi) is 6.46. The van der Waals surface area contributed by atoms with Gasteiger partial charge in [-0.3, -0.25) is 14.2 Å². The van der Waals surface area contributed by atoms with Crippen LogP contribution >= 0.6 is 0 Å². The predicted molar refractivity (Wildman–Crippen MR) is 138 cm³/mol. The van der Waals surface area contributed by atoms with E-state index >= 15 is 0 Å². The second-order valence-electron chi connectivity index (χ2n) is 8.42. The Balaban J connectivity index is 1.56. The van der Waals surface area contributed by atoms with Crippen molar-refractivity contribution in [3.05, 3.63) is 106 Å². The number of hydrogen-bond acceptors (Lipinski definition) is 5. The van der Waals surface area contributed by atoms with Crippen molar-refractivity contribution in [3.63, 3.8) is 0 Å². The molecular formula is C27H25N5O4. The first-order valence-corrected chi connectivity index (χ1v) is 11.6. The highest BCUT2D eigenvalue weighted by Gasteiger charge is 2.20. The topological polar surface area (TPSA) is 100 Å². The van der Waals surface area contributed by atoms with Crippen LogP contribution in [0.5, 0.6) is 0 Å². The molecule has 9 heteroatoms. The van der Waals surface area contributed by atoms with Crippen LogP contribution in [0.2, 0.25) is 0 Å². The summed E-state index contributed by atoms with van der Waals surface area (Å²) >= 11 is 0. The molecule has 0 fully saturated rings. The lowest BCUT2D eigenvalue weighted by molar-refractivity contribution is -0.116. The number of imidazole rings is 1. The maximum atomic E-state index is 13.5. The number of anilines is 1. The van der Waals surface area contributed by atoms with Crippen molar-refractivity contribution in [2.45, 2.75) is 19.6 Å². The Hall–Kier alpha value is -4.50. The quantitative estimate of drug-likeness (QED) is 0.366. The molecule has 0 bridgehead atoms. The van der Waals surface area contributed by atoms with Gasteiger partial charge in [0.05, 0.1) is 19.5 Å². The van der Waals surface area contributed by atoms with Gasteiger partial charge in [0.25, 0.3) is 5.56 Å². The van der Waals surface area contributed by atoms with Crippen molar-refractivity contribution in [3.8, 4) is 0 Å². The van der Waals surface area contributed by atoms with Gasteiger partial charge in [0.1, 0.15) is 6.54 Å². The number of nitrogens with one attached hydrogen (secondary N) is 1. The highest BCUT2D eigenvalue weighted by Crippen LogP contribution is 2.22. The van der Waals surface area contributed by atoms with Gasteiger partial charge >= 0.3 is 5.69 Å². The molecule has 5 rings (SSSR count). The Morgan fingerprint density at radius 2 is 1.69 bits per heavy atom. The van der Waals surface area contributed by atoms with E-state index in [1.807, 2.05) is 66.7 Å². The van der Waals surface area contributed by atoms with Crippen LogP contribution in [0.15, 0.2) is 88.7 Å². The zero-order valence-electron chi connectivity index (χ0n) is 19.8. The molecule has 0 unspecified atom stereocenters. The molecule has 0 saturated carbocycles. The van der Waals surface area contributed by atoms with E-state index in [2.05, 4.69) is 10.3 Å². The molecule has 182 valence electrons. The van der Waals surface area contributed by atoms with E-state index in [1.54, 1.807) is 17.7 Å². The molecule has 36 heavy (non-hydrogen) atoms. The number of rotatable bonds is 8. The number of amides is 1. The van der Waals surface area contributed by atoms with E-state index in [0.29, 0.717) is 18.8 Å². The first kappa shape index (κ1) is 23.3. The minimum atomic E-state index is -0.596. The molecule has 0 spiro atoms. The van der Waals surface area contributed by atoms with Gasteiger partial charge in [-0.15, -0.1) is 0 Å². The molecule has 5 aromatic rings. The summed E-state index contributed by atoms with van der Waals surface area (Å²) < 4.78 is 9.21. The van der Waals surface area contributed by atoms with Crippen molar-refractivity contribution in [1.29, 1.82) is 0 Å². The summed E-state index contributed by atoms with van der Waals surface area (Å²) in [4.78, 5) is 44.4. The van der Waals surface area contributed by atoms with Gasteiger partial charge in [0.15, 0.2) is 11.2 Å². The highest BCUT2D eigenvalue weighted by molar-refractivity contribution is 6.02. The van der Waals surface area contributed by atoms with E-state index in [1.165, 1.54) is 10.9 Å². The summed E-state index contributed by atoms with van der Waals surface area (Å²) in [5.74, 6) is -0.473. The molecule has 3 aromatic carbocycles. The normalized spacial score (nSPS) is 11.2. The third-order valence-electron chi connectivity index (χ3n) is 6.07. The number of carbonyl (C=O) groups excluding carboxylic acids is 1. The minimum absolute atomic E-state index is 0.211. The van der Waals surface area contributed by atoms with E-state index < -0.39 is 23.7 Å². The lowest BCUT2D eigenvalue weighted by atomic mass is 10.1. The van der Waals surface area contributed by atoms with E-state index in [0.717, 1.165) is 20.9 Å². The maximum absolute atomic E-state index is 13.5. The van der Waals surface area contributed by atoms with Crippen molar-refractivity contribution >= 4 is 33.5 Å². The van der Waals surface area contributed by atoms with Gasteiger partial charge in [0.2, 0.25) is 5.91 Å². The monoisotopic (exact) mass is 483 g/mol. The molecule has 0 radical (unpaired) electrons. The standard InChI is InChI=1S/C27H25N5O4/c1-36-15-14-30-18-28-25-24(30)26(34)32(27(35)31(25)16-19-8-3-2-4-9-19)17-23(33)29-22-13-7-11-20-10-5-6-12-21(20)22/h2-13,18H,14-17H2,1H3,(H,29,33). The smallest absolute Gasteiger partial charge is 0.333 e. The fourth-order valence-corrected chi connectivity index (χ4v) is 4.31. The van der Waals surface area contributed by atoms with E-state index in [-0.39, 0.29) is 17.7 Å². The van der Waals surface area contributed by atoms with Crippen molar-refractivity contribution in [2.75, 3.05) is 19.0 Å². The lowest BCUT2D eigenvalue weighted by Gasteiger charge is -2.13. The van der Waals surface area contributed by atoms with E-state index in [4.69, 9.17) is 4.74 Å². The predicted octanol–water partition coefficient (Wildman–Crippen LogP) is 2.85. The molecular weight excluding hydrogens is 458 g/mol. The van der Waals surface area contributed by atoms with Crippen LogP contribution in [0.4, 0.5) is 5.69 Å². The summed E-state index contributed by atoms with van der Waals surface area (Å²) in [7, 11) is 1.57. The summed E-state index contributed by atoms with van der Waals surface area (Å²) in [6, 6.07) is 22.7. The zero-order chi connectivity index (χ0) is 25.1. The van der Waals surface area contributed by atoms with Crippen molar-refractivity contribution in [2.24, 2.45) is 0 Å². The van der Waals surface area contributed by atoms with Crippen LogP contribution in [0, 0.1) is 0 Å². The third kappa shape index (κ3) is 4.44. The second kappa shape index (κ2) is 10.0. The molecule has 2 aromatic heterocycles. The fourth-order valence-electron chi connectivity index (χ4n) is 4.31. The average Bonchev–Trinajstić information content (AvgIpc) is 3.32. The first-order chi connectivity index (χ1) is 17.6. The average molecular weight is 484 g/mol. The molecule has 1 amide bonds. The van der Waals surface area contributed by atoms with E-state index in [9.17, 15) is 14.4 Å². The molecule has 0 atom stereocenters. The fraction of sp³-hybridized carbons (Fsp3) is 0.185. The van der Waals surface area contributed by atoms with Crippen LogP contribution < -0.4 is 16.6 Å². The minimum Gasteiger partial charge on any atom is -0.383 e. The number of hydrogen-bond donors (Lipinski definition) is 1. The van der Waals surface area contributed by atoms with Crippen LogP contribution in [0.3, 0.4) is 0 Å². The zero-order valence-corrected chi connectivity index (χ0v) is 19.8. The van der Waals surface area contributed by atoms with Crippen LogP contribution in [-0.4, -0.2) is 38.3 Å². The van der Waals surface area contributed by atoms with Crippen molar-refractivity contribution in [1.82, 2.24) is 18.7 Å². The van der Waals surface area contributed by atoms with Gasteiger partial charge < -0.3 is 14.6 Å². The lowest BCUT2D eigenvalue weighted by Crippen LogP contribution is -2.43. The van der Waals surface area contributed by atoms with Crippen LogP contribution in [0.1, 0.15) is 5.56 Å². The number of ether oxygens (including phenoxy) is 1. The largest absolute Gasteiger partial charge is 0.383 e. The Morgan fingerprint density at radius 3 is 2.50 bits per heavy atom. The molecule has 1 N–H and O–H groups in total. The van der Waals surface area contributed by atoms with Gasteiger partial charge in [-0.2, -0.15) is 0 Å². The SMILES string of the molecule is COCCn1cnc2c1c(=O)n(CC(=O)Nc1cccc3ccccc13)c(=O)n2Cc1ccccc1. The van der Waals surface area contributed by atoms with Crippen LogP contribution in [-0.2, 0) is 29.2 Å². The highest BCUT2D eigenvalue weighted by atomic mass is 16.5. The Labute approximate surface area is 206 Å². The summed E-state index contributed by atoms with van der Waals surface area (Å²) in [5.41, 5.74) is 0.846. The summed E-state index contributed by atoms with van der Waals surface area (Å²) in [6.07, 6.45) is 1.52. The molecule has 0 saturated heterocycles. The molecule has 2 heterocycles. The molecule has 0 aliphatic heterocycles. The number of carbonyl (C=O) groups is 1. The number of benzene rings is 3. The second-order valence-corrected chi connectivity index (χ2v) is 8.42. The number of nitrogens with zero attached hydrogens (tertiary/aromatic N) is 4.